The Labute approximate surface area is 60.2 Å². The van der Waals surface area contributed by atoms with Crippen molar-refractivity contribution in [2.75, 3.05) is 0 Å². The zero-order valence-electron chi connectivity index (χ0n) is 5.39. The molecule has 1 nitrogen and oxygen atoms in total. The first-order valence-electron chi connectivity index (χ1n) is 2.99. The van der Waals surface area contributed by atoms with E-state index in [2.05, 4.69) is 0 Å². The summed E-state index contributed by atoms with van der Waals surface area (Å²) in [6.07, 6.45) is 4.74. The predicted octanol–water partition coefficient (Wildman–Crippen LogP) is 1.79. The van der Waals surface area contributed by atoms with Crippen LogP contribution in [0.1, 0.15) is 13.3 Å². The Morgan fingerprint density at radius 1 is 1.78 bits per heavy atom. The topological polar surface area (TPSA) is 26.0 Å². The predicted molar refractivity (Wildman–Crippen MR) is 40.3 cm³/mol. The number of hydrogen-bond donors (Lipinski definition) is 1. The van der Waals surface area contributed by atoms with E-state index in [1.165, 1.54) is 0 Å². The van der Waals surface area contributed by atoms with Crippen LogP contribution in [0.15, 0.2) is 22.8 Å². The second-order valence-electron chi connectivity index (χ2n) is 2.32. The summed E-state index contributed by atoms with van der Waals surface area (Å²) in [6, 6.07) is 0.126. The van der Waals surface area contributed by atoms with Crippen LogP contribution < -0.4 is 5.73 Å². The average molecular weight is 144 g/mol. The van der Waals surface area contributed by atoms with E-state index in [9.17, 15) is 0 Å². The highest BCUT2D eigenvalue weighted by molar-refractivity contribution is 6.30. The standard InChI is InChI=1S/C7H10ClN/c1-5-2-3-6(9)4-7(5)8/h2-3,6H,4,9H2,1H3/t6-/m1/s1. The Kier molecular flexibility index (Phi) is 1.94. The largest absolute Gasteiger partial charge is 0.324 e. The molecule has 1 rings (SSSR count). The molecule has 0 heterocycles. The zero-order chi connectivity index (χ0) is 6.85. The third kappa shape index (κ3) is 1.57. The molecule has 0 bridgehead atoms. The van der Waals surface area contributed by atoms with Crippen LogP contribution in [0, 0.1) is 0 Å². The lowest BCUT2D eigenvalue weighted by Crippen LogP contribution is -2.18. The van der Waals surface area contributed by atoms with Gasteiger partial charge in [0.2, 0.25) is 0 Å². The van der Waals surface area contributed by atoms with Crippen molar-refractivity contribution >= 4 is 11.6 Å². The number of hydrogen-bond acceptors (Lipinski definition) is 1. The maximum absolute atomic E-state index is 5.81. The van der Waals surface area contributed by atoms with E-state index in [1.54, 1.807) is 0 Å². The van der Waals surface area contributed by atoms with Crippen LogP contribution in [-0.2, 0) is 0 Å². The van der Waals surface area contributed by atoms with Gasteiger partial charge in [0.15, 0.2) is 0 Å². The molecule has 1 atom stereocenters. The molecule has 0 unspecified atom stereocenters. The first-order chi connectivity index (χ1) is 4.20. The fourth-order valence-corrected chi connectivity index (χ4v) is 1.04. The number of nitrogens with two attached hydrogens (primary N) is 1. The monoisotopic (exact) mass is 143 g/mol. The van der Waals surface area contributed by atoms with Crippen LogP contribution in [-0.4, -0.2) is 6.04 Å². The van der Waals surface area contributed by atoms with Gasteiger partial charge < -0.3 is 5.73 Å². The Balaban J connectivity index is 2.75. The lowest BCUT2D eigenvalue weighted by Gasteiger charge is -2.11. The molecule has 0 spiro atoms. The van der Waals surface area contributed by atoms with E-state index in [1.807, 2.05) is 19.1 Å². The normalized spacial score (nSPS) is 27.2. The molecule has 0 amide bonds. The van der Waals surface area contributed by atoms with E-state index >= 15 is 0 Å². The third-order valence-electron chi connectivity index (χ3n) is 1.44. The van der Waals surface area contributed by atoms with E-state index in [-0.39, 0.29) is 6.04 Å². The SMILES string of the molecule is CC1=C(Cl)C[C@H](N)C=C1. The first-order valence-corrected chi connectivity index (χ1v) is 3.37. The minimum Gasteiger partial charge on any atom is -0.324 e. The molecule has 1 aliphatic carbocycles. The molecule has 1 aliphatic rings. The molecule has 9 heavy (non-hydrogen) atoms. The fourth-order valence-electron chi connectivity index (χ4n) is 0.794. The highest BCUT2D eigenvalue weighted by Gasteiger charge is 2.07. The van der Waals surface area contributed by atoms with Crippen molar-refractivity contribution < 1.29 is 0 Å². The van der Waals surface area contributed by atoms with Crippen molar-refractivity contribution in [2.24, 2.45) is 5.73 Å². The molecule has 0 fully saturated rings. The first kappa shape index (κ1) is 6.84. The molecule has 50 valence electrons. The molecule has 0 saturated heterocycles. The lowest BCUT2D eigenvalue weighted by atomic mass is 10.1. The van der Waals surface area contributed by atoms with Crippen molar-refractivity contribution in [3.05, 3.63) is 22.8 Å². The summed E-state index contributed by atoms with van der Waals surface area (Å²) >= 11 is 5.81. The minimum atomic E-state index is 0.126. The van der Waals surface area contributed by atoms with Gasteiger partial charge in [-0.1, -0.05) is 23.8 Å². The van der Waals surface area contributed by atoms with Gasteiger partial charge in [-0.05, 0) is 12.5 Å². The van der Waals surface area contributed by atoms with E-state index < -0.39 is 0 Å². The highest BCUT2D eigenvalue weighted by Crippen LogP contribution is 2.20. The van der Waals surface area contributed by atoms with Crippen LogP contribution in [0.4, 0.5) is 0 Å². The van der Waals surface area contributed by atoms with Gasteiger partial charge in [-0.3, -0.25) is 0 Å². The highest BCUT2D eigenvalue weighted by atomic mass is 35.5. The smallest absolute Gasteiger partial charge is 0.0276 e. The van der Waals surface area contributed by atoms with Crippen molar-refractivity contribution in [2.45, 2.75) is 19.4 Å². The maximum Gasteiger partial charge on any atom is 0.0276 e. The summed E-state index contributed by atoms with van der Waals surface area (Å²) < 4.78 is 0. The van der Waals surface area contributed by atoms with Gasteiger partial charge >= 0.3 is 0 Å². The Morgan fingerprint density at radius 2 is 2.44 bits per heavy atom. The quantitative estimate of drug-likeness (QED) is 0.550. The van der Waals surface area contributed by atoms with Crippen LogP contribution in [0.5, 0.6) is 0 Å². The summed E-state index contributed by atoms with van der Waals surface area (Å²) in [4.78, 5) is 0. The van der Waals surface area contributed by atoms with Crippen molar-refractivity contribution in [3.63, 3.8) is 0 Å². The molecule has 0 aliphatic heterocycles. The van der Waals surface area contributed by atoms with Gasteiger partial charge in [0, 0.05) is 17.5 Å². The van der Waals surface area contributed by atoms with Crippen LogP contribution >= 0.6 is 11.6 Å². The van der Waals surface area contributed by atoms with Crippen molar-refractivity contribution in [1.29, 1.82) is 0 Å². The molecule has 2 N–H and O–H groups in total. The molecule has 2 heteroatoms. The van der Waals surface area contributed by atoms with E-state index in [4.69, 9.17) is 17.3 Å². The molecule has 0 aromatic rings. The number of rotatable bonds is 0. The van der Waals surface area contributed by atoms with E-state index in [0.717, 1.165) is 17.0 Å². The van der Waals surface area contributed by atoms with Gasteiger partial charge in [0.25, 0.3) is 0 Å². The Bertz CT molecular complexity index is 170. The molecule has 0 aromatic carbocycles. The van der Waals surface area contributed by atoms with Crippen LogP contribution in [0.2, 0.25) is 0 Å². The molecule has 0 aromatic heterocycles. The molecule has 0 radical (unpaired) electrons. The maximum atomic E-state index is 5.81. The van der Waals surface area contributed by atoms with Crippen LogP contribution in [0.3, 0.4) is 0 Å². The Morgan fingerprint density at radius 3 is 2.89 bits per heavy atom. The summed E-state index contributed by atoms with van der Waals surface area (Å²) in [5.41, 5.74) is 6.72. The molecular weight excluding hydrogens is 134 g/mol. The molecule has 0 saturated carbocycles. The summed E-state index contributed by atoms with van der Waals surface area (Å²) in [5, 5.41) is 0.894. The zero-order valence-corrected chi connectivity index (χ0v) is 6.15. The van der Waals surface area contributed by atoms with Crippen molar-refractivity contribution in [3.8, 4) is 0 Å². The third-order valence-corrected chi connectivity index (χ3v) is 1.89. The second-order valence-corrected chi connectivity index (χ2v) is 2.77. The van der Waals surface area contributed by atoms with Gasteiger partial charge in [-0.2, -0.15) is 0 Å². The second kappa shape index (κ2) is 2.54. The number of halogens is 1. The minimum absolute atomic E-state index is 0.126. The summed E-state index contributed by atoms with van der Waals surface area (Å²) in [7, 11) is 0. The van der Waals surface area contributed by atoms with Gasteiger partial charge in [-0.25, -0.2) is 0 Å². The lowest BCUT2D eigenvalue weighted by molar-refractivity contribution is 0.808. The van der Waals surface area contributed by atoms with Gasteiger partial charge in [-0.15, -0.1) is 0 Å². The van der Waals surface area contributed by atoms with Crippen molar-refractivity contribution in [1.82, 2.24) is 0 Å². The van der Waals surface area contributed by atoms with Gasteiger partial charge in [0.05, 0.1) is 0 Å². The van der Waals surface area contributed by atoms with Crippen LogP contribution in [0.25, 0.3) is 0 Å². The number of allylic oxidation sites excluding steroid dienone is 2. The van der Waals surface area contributed by atoms with E-state index in [0.29, 0.717) is 0 Å². The summed E-state index contributed by atoms with van der Waals surface area (Å²) in [5.74, 6) is 0. The van der Waals surface area contributed by atoms with Gasteiger partial charge in [0.1, 0.15) is 0 Å². The average Bonchev–Trinajstić information content (AvgIpc) is 1.80. The summed E-state index contributed by atoms with van der Waals surface area (Å²) in [6.45, 7) is 1.99. The Hall–Kier alpha value is -0.270. The molecular formula is C7H10ClN. The fraction of sp³-hybridized carbons (Fsp3) is 0.429.